The monoisotopic (exact) mass is 607 g/mol. The average Bonchev–Trinajstić information content (AvgIpc) is 2.68. The maximum Gasteiger partial charge on any atom is 0.461 e. The summed E-state index contributed by atoms with van der Waals surface area (Å²) in [6.45, 7) is 0.0152. The molecule has 14 heteroatoms. The third-order valence-electron chi connectivity index (χ3n) is 4.46. The molecule has 1 N–H and O–H groups in total. The van der Waals surface area contributed by atoms with Gasteiger partial charge >= 0.3 is 7.67 Å². The van der Waals surface area contributed by atoms with E-state index in [1.54, 1.807) is 12.1 Å². The standard InChI is InChI=1S/C16H24BrCl4N2O5PS/c17-15-1-3-16(4-2-15)30(26,27)28-14-13-23(11-7-20,12-8-21)29(24,25)22(9-5-18)10-6-19/h1-4H,5-14H2/p+1. The van der Waals surface area contributed by atoms with Crippen LogP contribution in [0.25, 0.3) is 0 Å². The van der Waals surface area contributed by atoms with Gasteiger partial charge in [0, 0.05) is 29.3 Å². The minimum Gasteiger partial charge on any atom is -0.289 e. The summed E-state index contributed by atoms with van der Waals surface area (Å²) in [6, 6.07) is 5.96. The molecule has 1 unspecified atom stereocenters. The first-order chi connectivity index (χ1) is 14.1. The van der Waals surface area contributed by atoms with Crippen molar-refractivity contribution in [1.29, 1.82) is 0 Å². The first-order valence-corrected chi connectivity index (χ1v) is 14.8. The minimum absolute atomic E-state index is 0.0171. The Kier molecular flexibility index (Phi) is 13.1. The Labute approximate surface area is 206 Å². The number of quaternary nitrogens is 1. The van der Waals surface area contributed by atoms with Gasteiger partial charge in [-0.25, -0.2) is 8.82 Å². The maximum atomic E-state index is 13.6. The molecule has 1 aromatic rings. The number of hydrogen-bond donors (Lipinski definition) is 1. The molecular weight excluding hydrogens is 585 g/mol. The van der Waals surface area contributed by atoms with E-state index in [2.05, 4.69) is 15.9 Å². The molecule has 0 amide bonds. The lowest BCUT2D eigenvalue weighted by Gasteiger charge is -2.43. The van der Waals surface area contributed by atoms with Crippen LogP contribution in [0.15, 0.2) is 33.6 Å². The van der Waals surface area contributed by atoms with Gasteiger partial charge in [0.2, 0.25) is 0 Å². The number of hydrogen-bond acceptors (Lipinski definition) is 4. The third kappa shape index (κ3) is 7.73. The lowest BCUT2D eigenvalue weighted by molar-refractivity contribution is -0.816. The van der Waals surface area contributed by atoms with Crippen molar-refractivity contribution in [1.82, 2.24) is 4.67 Å². The van der Waals surface area contributed by atoms with Crippen LogP contribution in [0.1, 0.15) is 0 Å². The van der Waals surface area contributed by atoms with Crippen molar-refractivity contribution < 1.29 is 26.3 Å². The van der Waals surface area contributed by atoms with Crippen LogP contribution in [0.5, 0.6) is 0 Å². The number of alkyl halides is 4. The number of nitrogens with zero attached hydrogens (tertiary/aromatic N) is 2. The summed E-state index contributed by atoms with van der Waals surface area (Å²) in [4.78, 5) is 11.1. The molecule has 0 saturated carbocycles. The Bertz CT molecular complexity index is 791. The van der Waals surface area contributed by atoms with Crippen LogP contribution in [0.2, 0.25) is 0 Å². The molecule has 0 aromatic heterocycles. The normalized spacial score (nSPS) is 14.8. The van der Waals surface area contributed by atoms with Crippen LogP contribution in [-0.4, -0.2) is 85.1 Å². The Morgan fingerprint density at radius 2 is 1.47 bits per heavy atom. The molecule has 30 heavy (non-hydrogen) atoms. The second-order valence-corrected chi connectivity index (χ2v) is 12.7. The van der Waals surface area contributed by atoms with E-state index in [-0.39, 0.29) is 67.7 Å². The largest absolute Gasteiger partial charge is 0.461 e. The van der Waals surface area contributed by atoms with Gasteiger partial charge in [0.15, 0.2) is 0 Å². The van der Waals surface area contributed by atoms with Crippen LogP contribution >= 0.6 is 70.0 Å². The van der Waals surface area contributed by atoms with Crippen molar-refractivity contribution in [3.8, 4) is 0 Å². The van der Waals surface area contributed by atoms with Gasteiger partial charge in [0.05, 0.1) is 29.7 Å². The van der Waals surface area contributed by atoms with Crippen molar-refractivity contribution in [3.63, 3.8) is 0 Å². The molecule has 0 aliphatic carbocycles. The SMILES string of the molecule is O=P(O)(N(CCCl)CCCl)[N+](CCCl)(CCCl)CCOS(=O)(=O)c1ccc(Br)cc1. The van der Waals surface area contributed by atoms with Gasteiger partial charge in [-0.05, 0) is 24.3 Å². The number of benzene rings is 1. The summed E-state index contributed by atoms with van der Waals surface area (Å²) in [5, 5.41) is 0. The van der Waals surface area contributed by atoms with Crippen LogP contribution in [0.3, 0.4) is 0 Å². The Hall–Kier alpha value is 0.880. The zero-order chi connectivity index (χ0) is 22.8. The van der Waals surface area contributed by atoms with Crippen LogP contribution < -0.4 is 0 Å². The van der Waals surface area contributed by atoms with E-state index in [0.29, 0.717) is 0 Å². The molecule has 0 aliphatic heterocycles. The van der Waals surface area contributed by atoms with Crippen LogP contribution in [0.4, 0.5) is 0 Å². The number of rotatable bonds is 15. The Morgan fingerprint density at radius 1 is 0.967 bits per heavy atom. The molecule has 0 saturated heterocycles. The van der Waals surface area contributed by atoms with Crippen LogP contribution in [0, 0.1) is 0 Å². The highest BCUT2D eigenvalue weighted by Crippen LogP contribution is 2.55. The summed E-state index contributed by atoms with van der Waals surface area (Å²) in [5.41, 5.74) is 0. The lowest BCUT2D eigenvalue weighted by atomic mass is 10.4. The molecule has 174 valence electrons. The quantitative estimate of drug-likeness (QED) is 0.181. The van der Waals surface area contributed by atoms with Gasteiger partial charge < -0.3 is 0 Å². The first kappa shape index (κ1) is 28.9. The van der Waals surface area contributed by atoms with E-state index >= 15 is 0 Å². The molecule has 0 bridgehead atoms. The summed E-state index contributed by atoms with van der Waals surface area (Å²) in [7, 11) is -8.16. The maximum absolute atomic E-state index is 13.6. The van der Waals surface area contributed by atoms with E-state index in [4.69, 9.17) is 50.6 Å². The van der Waals surface area contributed by atoms with Crippen molar-refractivity contribution in [2.75, 3.05) is 62.9 Å². The predicted octanol–water partition coefficient (Wildman–Crippen LogP) is 4.33. The zero-order valence-corrected chi connectivity index (χ0v) is 22.4. The van der Waals surface area contributed by atoms with E-state index < -0.39 is 22.0 Å². The first-order valence-electron chi connectivity index (χ1n) is 8.94. The van der Waals surface area contributed by atoms with Crippen molar-refractivity contribution in [2.45, 2.75) is 4.90 Å². The van der Waals surface area contributed by atoms with Crippen molar-refractivity contribution in [2.24, 2.45) is 0 Å². The highest BCUT2D eigenvalue weighted by Gasteiger charge is 2.50. The average molecular weight is 610 g/mol. The van der Waals surface area contributed by atoms with Gasteiger partial charge in [-0.2, -0.15) is 13.1 Å². The highest BCUT2D eigenvalue weighted by molar-refractivity contribution is 9.10. The van der Waals surface area contributed by atoms with E-state index in [1.807, 2.05) is 0 Å². The topological polar surface area (TPSA) is 83.9 Å². The van der Waals surface area contributed by atoms with Gasteiger partial charge in [-0.3, -0.25) is 9.08 Å². The molecule has 0 spiro atoms. The summed E-state index contributed by atoms with van der Waals surface area (Å²) >= 11 is 26.7. The zero-order valence-electron chi connectivity index (χ0n) is 16.1. The second kappa shape index (κ2) is 13.6. The van der Waals surface area contributed by atoms with Gasteiger partial charge in [-0.15, -0.1) is 46.4 Å². The van der Waals surface area contributed by atoms with Gasteiger partial charge in [-0.1, -0.05) is 15.9 Å². The number of halogens is 5. The van der Waals surface area contributed by atoms with E-state index in [9.17, 15) is 17.9 Å². The molecule has 0 aliphatic rings. The Balaban J connectivity index is 3.12. The minimum atomic E-state index is -4.12. The fourth-order valence-electron chi connectivity index (χ4n) is 2.86. The molecule has 0 fully saturated rings. The van der Waals surface area contributed by atoms with E-state index in [1.165, 1.54) is 16.8 Å². The smallest absolute Gasteiger partial charge is 0.289 e. The van der Waals surface area contributed by atoms with Crippen molar-refractivity contribution in [3.05, 3.63) is 28.7 Å². The third-order valence-corrected chi connectivity index (χ3v) is 9.83. The summed E-state index contributed by atoms with van der Waals surface area (Å²) in [5.74, 6) is 0.377. The molecule has 1 rings (SSSR count). The summed E-state index contributed by atoms with van der Waals surface area (Å²) in [6.07, 6.45) is 0. The Morgan fingerprint density at radius 3 is 1.90 bits per heavy atom. The highest BCUT2D eigenvalue weighted by atomic mass is 79.9. The fourth-order valence-corrected chi connectivity index (χ4v) is 7.87. The molecule has 7 nitrogen and oxygen atoms in total. The van der Waals surface area contributed by atoms with Gasteiger partial charge in [0.25, 0.3) is 10.1 Å². The predicted molar refractivity (Wildman–Crippen MR) is 126 cm³/mol. The van der Waals surface area contributed by atoms with Gasteiger partial charge in [0.1, 0.15) is 13.2 Å². The second-order valence-electron chi connectivity index (χ2n) is 6.22. The molecular formula is C16H25BrCl4N2O5PS+. The molecule has 0 heterocycles. The lowest BCUT2D eigenvalue weighted by Crippen LogP contribution is -2.53. The molecule has 1 atom stereocenters. The van der Waals surface area contributed by atoms with Crippen molar-refractivity contribution >= 4 is 80.1 Å². The molecule has 1 aromatic carbocycles. The summed E-state index contributed by atoms with van der Waals surface area (Å²) < 4.78 is 45.3. The molecule has 0 radical (unpaired) electrons. The van der Waals surface area contributed by atoms with Crippen LogP contribution in [-0.2, 0) is 18.9 Å². The van der Waals surface area contributed by atoms with E-state index in [0.717, 1.165) is 4.47 Å². The fraction of sp³-hybridized carbons (Fsp3) is 0.625.